The van der Waals surface area contributed by atoms with E-state index in [2.05, 4.69) is 15.6 Å². The van der Waals surface area contributed by atoms with Crippen LogP contribution in [0.5, 0.6) is 0 Å². The third-order valence-corrected chi connectivity index (χ3v) is 3.40. The highest BCUT2D eigenvalue weighted by molar-refractivity contribution is 7.98. The van der Waals surface area contributed by atoms with Crippen molar-refractivity contribution in [2.45, 2.75) is 24.8 Å². The van der Waals surface area contributed by atoms with Gasteiger partial charge in [0.15, 0.2) is 0 Å². The number of aromatic nitrogens is 1. The van der Waals surface area contributed by atoms with Crippen LogP contribution >= 0.6 is 36.6 Å². The van der Waals surface area contributed by atoms with Gasteiger partial charge in [0.25, 0.3) is 0 Å². The number of nitrogens with zero attached hydrogens (tertiary/aromatic N) is 1. The molecule has 0 spiro atoms. The molecule has 0 aliphatic carbocycles. The maximum atomic E-state index is 11.7. The Balaban J connectivity index is 0. The number of hydrogen-bond donors (Lipinski definition) is 3. The largest absolute Gasteiger partial charge is 0.346 e. The van der Waals surface area contributed by atoms with E-state index in [1.165, 1.54) is 0 Å². The predicted molar refractivity (Wildman–Crippen MR) is 95.0 cm³/mol. The zero-order valence-electron chi connectivity index (χ0n) is 12.7. The highest BCUT2D eigenvalue weighted by atomic mass is 35.5. The van der Waals surface area contributed by atoms with Crippen LogP contribution in [0.3, 0.4) is 0 Å². The van der Waals surface area contributed by atoms with Gasteiger partial charge >= 0.3 is 0 Å². The third-order valence-electron chi connectivity index (χ3n) is 2.68. The zero-order valence-corrected chi connectivity index (χ0v) is 15.1. The first-order chi connectivity index (χ1) is 9.43. The first-order valence-corrected chi connectivity index (χ1v) is 7.49. The van der Waals surface area contributed by atoms with Gasteiger partial charge in [0.2, 0.25) is 11.8 Å². The number of nitrogens with one attached hydrogen (secondary N) is 2. The van der Waals surface area contributed by atoms with Crippen LogP contribution in [0, 0.1) is 5.92 Å². The fraction of sp³-hybridized carbons (Fsp3) is 0.462. The monoisotopic (exact) mass is 368 g/mol. The van der Waals surface area contributed by atoms with Crippen molar-refractivity contribution >= 4 is 54.2 Å². The Hall–Kier alpha value is -1.02. The Bertz CT molecular complexity index is 472. The Morgan fingerprint density at radius 2 is 1.95 bits per heavy atom. The normalized spacial score (nSPS) is 11.0. The summed E-state index contributed by atoms with van der Waals surface area (Å²) in [7, 11) is 0. The van der Waals surface area contributed by atoms with Crippen LogP contribution in [0.4, 0.5) is 5.82 Å². The summed E-state index contributed by atoms with van der Waals surface area (Å²) < 4.78 is 0. The van der Waals surface area contributed by atoms with Gasteiger partial charge in [-0.15, -0.1) is 36.6 Å². The second kappa shape index (κ2) is 11.5. The van der Waals surface area contributed by atoms with Crippen molar-refractivity contribution in [3.05, 3.63) is 18.3 Å². The molecule has 9 heteroatoms. The second-order valence-electron chi connectivity index (χ2n) is 4.62. The van der Waals surface area contributed by atoms with Crippen molar-refractivity contribution in [3.63, 3.8) is 0 Å². The summed E-state index contributed by atoms with van der Waals surface area (Å²) in [5, 5.41) is 5.10. The van der Waals surface area contributed by atoms with E-state index < -0.39 is 6.04 Å². The molecule has 0 aliphatic rings. The van der Waals surface area contributed by atoms with Crippen LogP contribution in [-0.4, -0.2) is 35.6 Å². The Kier molecular flexibility index (Phi) is 12.2. The van der Waals surface area contributed by atoms with Gasteiger partial charge in [-0.25, -0.2) is 4.98 Å². The van der Waals surface area contributed by atoms with Gasteiger partial charge in [0.1, 0.15) is 5.82 Å². The zero-order chi connectivity index (χ0) is 15.1. The molecule has 1 aromatic heterocycles. The van der Waals surface area contributed by atoms with Crippen LogP contribution in [0.25, 0.3) is 0 Å². The Labute approximate surface area is 147 Å². The minimum Gasteiger partial charge on any atom is -0.346 e. The summed E-state index contributed by atoms with van der Waals surface area (Å²) in [6.07, 6.45) is 3.62. The summed E-state index contributed by atoms with van der Waals surface area (Å²) in [6, 6.07) is 2.97. The molecule has 0 aliphatic heterocycles. The van der Waals surface area contributed by atoms with Gasteiger partial charge in [-0.05, 0) is 24.3 Å². The van der Waals surface area contributed by atoms with E-state index in [4.69, 9.17) is 5.73 Å². The molecule has 126 valence electrons. The lowest BCUT2D eigenvalue weighted by Gasteiger charge is -2.15. The molecule has 1 aromatic rings. The first-order valence-electron chi connectivity index (χ1n) is 6.27. The molecular formula is C13H22Cl2N4O2S. The van der Waals surface area contributed by atoms with Crippen molar-refractivity contribution < 1.29 is 9.59 Å². The van der Waals surface area contributed by atoms with E-state index in [9.17, 15) is 9.59 Å². The quantitative estimate of drug-likeness (QED) is 0.663. The van der Waals surface area contributed by atoms with Crippen molar-refractivity contribution in [1.29, 1.82) is 0 Å². The van der Waals surface area contributed by atoms with Gasteiger partial charge in [-0.2, -0.15) is 0 Å². The van der Waals surface area contributed by atoms with E-state index in [1.807, 2.05) is 26.2 Å². The maximum Gasteiger partial charge on any atom is 0.244 e. The van der Waals surface area contributed by atoms with Crippen LogP contribution in [0.1, 0.15) is 13.8 Å². The highest BCUT2D eigenvalue weighted by Crippen LogP contribution is 2.14. The molecule has 1 heterocycles. The Morgan fingerprint density at radius 3 is 2.41 bits per heavy atom. The molecule has 0 radical (unpaired) electrons. The second-order valence-corrected chi connectivity index (χ2v) is 5.50. The van der Waals surface area contributed by atoms with E-state index in [0.717, 1.165) is 4.90 Å². The van der Waals surface area contributed by atoms with Crippen molar-refractivity contribution in [3.8, 4) is 0 Å². The number of anilines is 1. The number of carbonyl (C=O) groups excluding carboxylic acids is 2. The minimum atomic E-state index is -0.609. The number of pyridine rings is 1. The van der Waals surface area contributed by atoms with Crippen molar-refractivity contribution in [2.24, 2.45) is 11.7 Å². The number of rotatable bonds is 6. The number of thioether (sulfide) groups is 1. The van der Waals surface area contributed by atoms with Gasteiger partial charge in [0.05, 0.1) is 12.6 Å². The van der Waals surface area contributed by atoms with Crippen LogP contribution in [0.15, 0.2) is 23.2 Å². The van der Waals surface area contributed by atoms with E-state index in [-0.39, 0.29) is 49.1 Å². The molecular weight excluding hydrogens is 347 g/mol. The number of hydrogen-bond acceptors (Lipinski definition) is 5. The number of amides is 2. The van der Waals surface area contributed by atoms with Gasteiger partial charge in [-0.3, -0.25) is 9.59 Å². The maximum absolute atomic E-state index is 11.7. The molecule has 0 saturated carbocycles. The summed E-state index contributed by atoms with van der Waals surface area (Å²) in [4.78, 5) is 28.3. The van der Waals surface area contributed by atoms with Crippen LogP contribution < -0.4 is 16.4 Å². The molecule has 0 saturated heterocycles. The number of carbonyl (C=O) groups is 2. The summed E-state index contributed by atoms with van der Waals surface area (Å²) >= 11 is 1.57. The molecule has 0 unspecified atom stereocenters. The average Bonchev–Trinajstić information content (AvgIpc) is 2.44. The fourth-order valence-corrected chi connectivity index (χ4v) is 1.71. The molecule has 0 fully saturated rings. The number of nitrogens with two attached hydrogens (primary N) is 1. The smallest absolute Gasteiger partial charge is 0.244 e. The lowest BCUT2D eigenvalue weighted by Crippen LogP contribution is -2.46. The fourth-order valence-electron chi connectivity index (χ4n) is 1.35. The molecule has 0 bridgehead atoms. The highest BCUT2D eigenvalue weighted by Gasteiger charge is 2.17. The Morgan fingerprint density at radius 1 is 1.32 bits per heavy atom. The summed E-state index contributed by atoms with van der Waals surface area (Å²) in [5.41, 5.74) is 5.67. The molecule has 0 aromatic carbocycles. The number of halogens is 2. The van der Waals surface area contributed by atoms with Gasteiger partial charge in [-0.1, -0.05) is 13.8 Å². The standard InChI is InChI=1S/C13H20N4O2S.2ClH/c1-8(2)12(14)13(19)16-7-11(18)17-10-5-4-9(20-3)6-15-10;;/h4-6,8,12H,7,14H2,1-3H3,(H,16,19)(H,15,17,18);2*1H/t12-;;/m0../s1. The van der Waals surface area contributed by atoms with Gasteiger partial charge < -0.3 is 16.4 Å². The molecule has 4 N–H and O–H groups in total. The molecule has 2 amide bonds. The van der Waals surface area contributed by atoms with Crippen molar-refractivity contribution in [1.82, 2.24) is 10.3 Å². The van der Waals surface area contributed by atoms with E-state index in [1.54, 1.807) is 24.0 Å². The topological polar surface area (TPSA) is 97.1 Å². The van der Waals surface area contributed by atoms with Crippen molar-refractivity contribution in [2.75, 3.05) is 18.1 Å². The average molecular weight is 369 g/mol. The first kappa shape index (κ1) is 23.2. The summed E-state index contributed by atoms with van der Waals surface area (Å²) in [6.45, 7) is 3.58. The van der Waals surface area contributed by atoms with Crippen LogP contribution in [0.2, 0.25) is 0 Å². The van der Waals surface area contributed by atoms with E-state index >= 15 is 0 Å². The molecule has 22 heavy (non-hydrogen) atoms. The van der Waals surface area contributed by atoms with E-state index in [0.29, 0.717) is 5.82 Å². The SMILES string of the molecule is CSc1ccc(NC(=O)CNC(=O)[C@@H](N)C(C)C)nc1.Cl.Cl. The minimum absolute atomic E-state index is 0. The molecule has 1 rings (SSSR count). The molecule has 6 nitrogen and oxygen atoms in total. The van der Waals surface area contributed by atoms with Gasteiger partial charge in [0, 0.05) is 11.1 Å². The lowest BCUT2D eigenvalue weighted by atomic mass is 10.1. The predicted octanol–water partition coefficient (Wildman–Crippen LogP) is 1.69. The molecule has 1 atom stereocenters. The summed E-state index contributed by atoms with van der Waals surface area (Å²) in [5.74, 6) is -0.187. The third kappa shape index (κ3) is 7.84. The van der Waals surface area contributed by atoms with Crippen LogP contribution in [-0.2, 0) is 9.59 Å². The lowest BCUT2D eigenvalue weighted by molar-refractivity contribution is -0.125.